The van der Waals surface area contributed by atoms with Crippen LogP contribution in [0.15, 0.2) is 24.3 Å². The summed E-state index contributed by atoms with van der Waals surface area (Å²) < 4.78 is 4.49. The molecule has 6 nitrogen and oxygen atoms in total. The van der Waals surface area contributed by atoms with Crippen LogP contribution in [-0.4, -0.2) is 23.3 Å². The smallest absolute Gasteiger partial charge is 0.313 e. The van der Waals surface area contributed by atoms with E-state index in [4.69, 9.17) is 0 Å². The molecule has 1 aromatic rings. The molecule has 0 saturated carbocycles. The van der Waals surface area contributed by atoms with Gasteiger partial charge in [-0.1, -0.05) is 19.1 Å². The number of hydrogen-bond donors (Lipinski definition) is 0. The van der Waals surface area contributed by atoms with Crippen molar-refractivity contribution >= 4 is 17.4 Å². The fourth-order valence-electron chi connectivity index (χ4n) is 1.31. The van der Waals surface area contributed by atoms with Gasteiger partial charge in [0.05, 0.1) is 11.5 Å². The van der Waals surface area contributed by atoms with E-state index in [0.29, 0.717) is 6.61 Å². The highest BCUT2D eigenvalue weighted by Crippen LogP contribution is 2.12. The number of nitrogens with zero attached hydrogens (tertiary/aromatic N) is 1. The largest absolute Gasteiger partial charge is 0.466 e. The molecule has 1 aromatic carbocycles. The number of nitro benzene ring substituents is 1. The van der Waals surface area contributed by atoms with E-state index in [1.54, 1.807) is 19.1 Å². The number of aryl methyl sites for hydroxylation is 1. The lowest BCUT2D eigenvalue weighted by Crippen LogP contribution is -2.07. The molecular weight excluding hydrogens is 262 g/mol. The Morgan fingerprint density at radius 2 is 1.95 bits per heavy atom. The fraction of sp³-hybridized carbons (Fsp3) is 0.429. The van der Waals surface area contributed by atoms with Crippen LogP contribution in [-0.2, 0) is 20.7 Å². The van der Waals surface area contributed by atoms with Gasteiger partial charge in [0.15, 0.2) is 0 Å². The van der Waals surface area contributed by atoms with Crippen LogP contribution >= 0.6 is 0 Å². The van der Waals surface area contributed by atoms with Crippen molar-refractivity contribution in [2.75, 3.05) is 6.61 Å². The van der Waals surface area contributed by atoms with Crippen LogP contribution < -0.4 is 0 Å². The van der Waals surface area contributed by atoms with Gasteiger partial charge in [0.25, 0.3) is 5.69 Å². The summed E-state index contributed by atoms with van der Waals surface area (Å²) >= 11 is 0. The first-order valence-corrected chi connectivity index (χ1v) is 6.29. The van der Waals surface area contributed by atoms with Gasteiger partial charge in [-0.3, -0.25) is 19.7 Å². The highest BCUT2D eigenvalue weighted by Gasteiger charge is 2.03. The maximum atomic E-state index is 10.4. The summed E-state index contributed by atoms with van der Waals surface area (Å²) in [7, 11) is 0. The third-order valence-electron chi connectivity index (χ3n) is 2.23. The lowest BCUT2D eigenvalue weighted by atomic mass is 10.1. The van der Waals surface area contributed by atoms with Crippen LogP contribution in [0.3, 0.4) is 0 Å². The summed E-state index contributed by atoms with van der Waals surface area (Å²) in [6, 6.07) is 6.68. The van der Waals surface area contributed by atoms with Crippen molar-refractivity contribution in [1.82, 2.24) is 0 Å². The maximum Gasteiger partial charge on any atom is 0.313 e. The van der Waals surface area contributed by atoms with E-state index in [1.165, 1.54) is 13.0 Å². The standard InChI is InChI=1S/C8H9NO2.C6H10O3/c1-2-7-4-3-5-8(6-7)9(10)11;1-3-9-6(8)4-5(2)7/h3-6H,2H2,1H3;3-4H2,1-2H3. The fourth-order valence-corrected chi connectivity index (χ4v) is 1.31. The van der Waals surface area contributed by atoms with Crippen LogP contribution in [0.5, 0.6) is 0 Å². The minimum atomic E-state index is -0.440. The van der Waals surface area contributed by atoms with Gasteiger partial charge < -0.3 is 4.74 Å². The molecule has 0 fully saturated rings. The Morgan fingerprint density at radius 3 is 2.40 bits per heavy atom. The van der Waals surface area contributed by atoms with E-state index < -0.39 is 5.97 Å². The normalized spacial score (nSPS) is 9.15. The molecule has 0 N–H and O–H groups in total. The van der Waals surface area contributed by atoms with Crippen molar-refractivity contribution < 1.29 is 19.2 Å². The van der Waals surface area contributed by atoms with Crippen LogP contribution in [0.2, 0.25) is 0 Å². The van der Waals surface area contributed by atoms with E-state index in [9.17, 15) is 19.7 Å². The van der Waals surface area contributed by atoms with Crippen molar-refractivity contribution in [1.29, 1.82) is 0 Å². The first kappa shape index (κ1) is 17.8. The average Bonchev–Trinajstić information content (AvgIpc) is 2.39. The molecule has 0 aliphatic rings. The Kier molecular flexibility index (Phi) is 8.58. The van der Waals surface area contributed by atoms with Gasteiger partial charge in [0, 0.05) is 12.1 Å². The van der Waals surface area contributed by atoms with Crippen molar-refractivity contribution in [2.24, 2.45) is 0 Å². The summed E-state index contributed by atoms with van der Waals surface area (Å²) in [6.45, 7) is 5.38. The zero-order valence-corrected chi connectivity index (χ0v) is 11.9. The summed E-state index contributed by atoms with van der Waals surface area (Å²) in [4.78, 5) is 30.5. The third-order valence-corrected chi connectivity index (χ3v) is 2.23. The molecular formula is C14H19NO5. The molecule has 0 unspecified atom stereocenters. The van der Waals surface area contributed by atoms with Gasteiger partial charge in [-0.15, -0.1) is 0 Å². The average molecular weight is 281 g/mol. The second kappa shape index (κ2) is 9.66. The van der Waals surface area contributed by atoms with Gasteiger partial charge in [0.1, 0.15) is 12.2 Å². The van der Waals surface area contributed by atoms with Crippen molar-refractivity contribution in [3.8, 4) is 0 Å². The number of ether oxygens (including phenoxy) is 1. The Balaban J connectivity index is 0.000000370. The van der Waals surface area contributed by atoms with Crippen molar-refractivity contribution in [2.45, 2.75) is 33.6 Å². The number of Topliss-reactive ketones (excluding diaryl/α,β-unsaturated/α-hetero) is 1. The minimum absolute atomic E-state index is 0.103. The first-order chi connectivity index (χ1) is 9.40. The molecule has 0 amide bonds. The minimum Gasteiger partial charge on any atom is -0.466 e. The van der Waals surface area contributed by atoms with Gasteiger partial charge >= 0.3 is 5.97 Å². The summed E-state index contributed by atoms with van der Waals surface area (Å²) in [6.07, 6.45) is 0.732. The number of carbonyl (C=O) groups excluding carboxylic acids is 2. The predicted octanol–water partition coefficient (Wildman–Crippen LogP) is 2.69. The summed E-state index contributed by atoms with van der Waals surface area (Å²) in [5.41, 5.74) is 1.17. The zero-order chi connectivity index (χ0) is 15.5. The van der Waals surface area contributed by atoms with Gasteiger partial charge in [0.2, 0.25) is 0 Å². The van der Waals surface area contributed by atoms with Gasteiger partial charge in [-0.05, 0) is 25.8 Å². The number of ketones is 1. The van der Waals surface area contributed by atoms with E-state index in [2.05, 4.69) is 4.74 Å². The van der Waals surface area contributed by atoms with E-state index in [1.807, 2.05) is 13.0 Å². The number of non-ortho nitro benzene ring substituents is 1. The lowest BCUT2D eigenvalue weighted by molar-refractivity contribution is -0.384. The molecule has 0 bridgehead atoms. The van der Waals surface area contributed by atoms with Crippen molar-refractivity contribution in [3.63, 3.8) is 0 Å². The summed E-state index contributed by atoms with van der Waals surface area (Å²) in [5, 5.41) is 10.3. The van der Waals surface area contributed by atoms with Gasteiger partial charge in [-0.2, -0.15) is 0 Å². The lowest BCUT2D eigenvalue weighted by Gasteiger charge is -1.96. The number of carbonyl (C=O) groups is 2. The van der Waals surface area contributed by atoms with Crippen LogP contribution in [0.4, 0.5) is 5.69 Å². The highest BCUT2D eigenvalue weighted by molar-refractivity contribution is 5.94. The Labute approximate surface area is 117 Å². The van der Waals surface area contributed by atoms with E-state index in [-0.39, 0.29) is 22.8 Å². The molecule has 6 heteroatoms. The topological polar surface area (TPSA) is 86.5 Å². The maximum absolute atomic E-state index is 10.4. The molecule has 0 saturated heterocycles. The first-order valence-electron chi connectivity index (χ1n) is 6.29. The number of esters is 1. The predicted molar refractivity (Wildman–Crippen MR) is 74.4 cm³/mol. The second-order valence-corrected chi connectivity index (χ2v) is 3.96. The molecule has 110 valence electrons. The molecule has 0 spiro atoms. The Hall–Kier alpha value is -2.24. The molecule has 0 heterocycles. The zero-order valence-electron chi connectivity index (χ0n) is 11.9. The summed E-state index contributed by atoms with van der Waals surface area (Å²) in [5.74, 6) is -0.599. The number of hydrogen-bond acceptors (Lipinski definition) is 5. The van der Waals surface area contributed by atoms with Crippen LogP contribution in [0.25, 0.3) is 0 Å². The van der Waals surface area contributed by atoms with E-state index in [0.717, 1.165) is 12.0 Å². The molecule has 0 radical (unpaired) electrons. The van der Waals surface area contributed by atoms with E-state index >= 15 is 0 Å². The highest BCUT2D eigenvalue weighted by atomic mass is 16.6. The molecule has 0 atom stereocenters. The van der Waals surface area contributed by atoms with Crippen LogP contribution in [0, 0.1) is 10.1 Å². The SMILES string of the molecule is CCOC(=O)CC(C)=O.CCc1cccc([N+](=O)[O-])c1. The van der Waals surface area contributed by atoms with Crippen LogP contribution in [0.1, 0.15) is 32.8 Å². The molecule has 0 aliphatic heterocycles. The second-order valence-electron chi connectivity index (χ2n) is 3.96. The van der Waals surface area contributed by atoms with Crippen molar-refractivity contribution in [3.05, 3.63) is 39.9 Å². The molecule has 0 aromatic heterocycles. The molecule has 1 rings (SSSR count). The monoisotopic (exact) mass is 281 g/mol. The Bertz CT molecular complexity index is 470. The number of rotatable bonds is 5. The number of nitro groups is 1. The quantitative estimate of drug-likeness (QED) is 0.358. The molecule has 20 heavy (non-hydrogen) atoms. The Morgan fingerprint density at radius 1 is 1.30 bits per heavy atom. The third kappa shape index (κ3) is 7.97. The number of benzene rings is 1. The molecule has 0 aliphatic carbocycles. The van der Waals surface area contributed by atoms with Gasteiger partial charge in [-0.25, -0.2) is 0 Å².